The second kappa shape index (κ2) is 8.02. The molecule has 142 valence electrons. The summed E-state index contributed by atoms with van der Waals surface area (Å²) in [6, 6.07) is 19.9. The number of para-hydroxylation sites is 2. The molecule has 5 nitrogen and oxygen atoms in total. The highest BCUT2D eigenvalue weighted by Gasteiger charge is 2.17. The van der Waals surface area contributed by atoms with E-state index in [9.17, 15) is 4.79 Å². The summed E-state index contributed by atoms with van der Waals surface area (Å²) in [5, 5.41) is 2.20. The first-order chi connectivity index (χ1) is 13.6. The molecule has 4 aromatic rings. The lowest BCUT2D eigenvalue weighted by atomic mass is 10.1. The van der Waals surface area contributed by atoms with E-state index in [0.717, 1.165) is 26.3 Å². The molecule has 0 amide bonds. The van der Waals surface area contributed by atoms with E-state index in [4.69, 9.17) is 9.47 Å². The van der Waals surface area contributed by atoms with E-state index in [2.05, 4.69) is 27.0 Å². The highest BCUT2D eigenvalue weighted by molar-refractivity contribution is 9.10. The summed E-state index contributed by atoms with van der Waals surface area (Å²) in [4.78, 5) is 16.0. The number of hydrogen-bond acceptors (Lipinski definition) is 4. The lowest BCUT2D eigenvalue weighted by Crippen LogP contribution is -2.28. The summed E-state index contributed by atoms with van der Waals surface area (Å²) in [5.74, 6) is 0.377. The van der Waals surface area contributed by atoms with E-state index >= 15 is 0 Å². The molecule has 0 radical (unpaired) electrons. The second-order valence-corrected chi connectivity index (χ2v) is 7.32. The summed E-state index contributed by atoms with van der Waals surface area (Å²) in [5.41, 5.74) is 1.90. The van der Waals surface area contributed by atoms with E-state index in [1.54, 1.807) is 6.33 Å². The first kappa shape index (κ1) is 18.5. The number of fused-ring (bicyclic) bond motifs is 2. The zero-order valence-electron chi connectivity index (χ0n) is 15.3. The number of aromatic nitrogens is 2. The van der Waals surface area contributed by atoms with Crippen LogP contribution in [0.5, 0.6) is 5.75 Å². The normalized spacial score (nSPS) is 12.2. The van der Waals surface area contributed by atoms with Gasteiger partial charge in [0.15, 0.2) is 6.10 Å². The van der Waals surface area contributed by atoms with Crippen LogP contribution in [0.15, 0.2) is 71.5 Å². The van der Waals surface area contributed by atoms with Crippen molar-refractivity contribution in [2.75, 3.05) is 6.61 Å². The van der Waals surface area contributed by atoms with Crippen LogP contribution in [0.1, 0.15) is 6.92 Å². The van der Waals surface area contributed by atoms with E-state index < -0.39 is 6.10 Å². The molecule has 0 spiro atoms. The molecule has 0 aliphatic heterocycles. The molecule has 28 heavy (non-hydrogen) atoms. The van der Waals surface area contributed by atoms with Crippen molar-refractivity contribution in [2.24, 2.45) is 0 Å². The monoisotopic (exact) mass is 438 g/mol. The maximum absolute atomic E-state index is 11.6. The number of rotatable bonds is 6. The van der Waals surface area contributed by atoms with Gasteiger partial charge in [0.1, 0.15) is 12.4 Å². The van der Waals surface area contributed by atoms with Gasteiger partial charge in [0.25, 0.3) is 0 Å². The molecule has 0 saturated heterocycles. The smallest absolute Gasteiger partial charge is 0.303 e. The molecule has 1 atom stereocenters. The Morgan fingerprint density at radius 3 is 2.75 bits per heavy atom. The molecule has 0 aliphatic carbocycles. The molecule has 0 saturated carbocycles. The Labute approximate surface area is 171 Å². The Morgan fingerprint density at radius 1 is 1.11 bits per heavy atom. The van der Waals surface area contributed by atoms with Crippen molar-refractivity contribution in [1.82, 2.24) is 9.55 Å². The minimum atomic E-state index is -0.437. The molecule has 0 fully saturated rings. The van der Waals surface area contributed by atoms with Crippen LogP contribution in [0.25, 0.3) is 21.8 Å². The molecular formula is C22H19BrN2O3. The van der Waals surface area contributed by atoms with Gasteiger partial charge in [-0.2, -0.15) is 0 Å². The number of nitrogens with zero attached hydrogens (tertiary/aromatic N) is 2. The van der Waals surface area contributed by atoms with Crippen molar-refractivity contribution in [1.29, 1.82) is 0 Å². The number of esters is 1. The summed E-state index contributed by atoms with van der Waals surface area (Å²) < 4.78 is 14.4. The Hall–Kier alpha value is -2.86. The average molecular weight is 439 g/mol. The van der Waals surface area contributed by atoms with Crippen molar-refractivity contribution in [2.45, 2.75) is 19.6 Å². The largest absolute Gasteiger partial charge is 0.488 e. The number of ether oxygens (including phenoxy) is 2. The maximum atomic E-state index is 11.6. The number of benzene rings is 3. The topological polar surface area (TPSA) is 53.4 Å². The van der Waals surface area contributed by atoms with Gasteiger partial charge in [0.2, 0.25) is 0 Å². The minimum Gasteiger partial charge on any atom is -0.488 e. The first-order valence-corrected chi connectivity index (χ1v) is 9.78. The molecule has 1 unspecified atom stereocenters. The fourth-order valence-electron chi connectivity index (χ4n) is 3.24. The summed E-state index contributed by atoms with van der Waals surface area (Å²) >= 11 is 3.63. The van der Waals surface area contributed by atoms with Crippen molar-refractivity contribution >= 4 is 43.7 Å². The summed E-state index contributed by atoms with van der Waals surface area (Å²) in [6.07, 6.45) is 1.32. The van der Waals surface area contributed by atoms with Gasteiger partial charge in [-0.15, -0.1) is 0 Å². The number of imidazole rings is 1. The molecule has 4 rings (SSSR count). The van der Waals surface area contributed by atoms with Crippen molar-refractivity contribution in [3.63, 3.8) is 0 Å². The second-order valence-electron chi connectivity index (χ2n) is 6.53. The highest BCUT2D eigenvalue weighted by Crippen LogP contribution is 2.33. The van der Waals surface area contributed by atoms with Gasteiger partial charge < -0.3 is 14.0 Å². The van der Waals surface area contributed by atoms with Crippen LogP contribution >= 0.6 is 15.9 Å². The average Bonchev–Trinajstić information content (AvgIpc) is 3.10. The number of carbonyl (C=O) groups is 1. The molecule has 1 aromatic heterocycles. The van der Waals surface area contributed by atoms with Crippen LogP contribution in [0.4, 0.5) is 0 Å². The zero-order chi connectivity index (χ0) is 19.5. The molecule has 6 heteroatoms. The van der Waals surface area contributed by atoms with Crippen LogP contribution in [-0.2, 0) is 16.1 Å². The fourth-order valence-corrected chi connectivity index (χ4v) is 3.85. The zero-order valence-corrected chi connectivity index (χ0v) is 16.9. The number of carbonyl (C=O) groups excluding carboxylic acids is 1. The third-order valence-corrected chi connectivity index (χ3v) is 5.33. The van der Waals surface area contributed by atoms with E-state index in [1.807, 2.05) is 59.2 Å². The van der Waals surface area contributed by atoms with Crippen LogP contribution < -0.4 is 4.74 Å². The third kappa shape index (κ3) is 3.87. The van der Waals surface area contributed by atoms with Gasteiger partial charge in [0.05, 0.1) is 28.4 Å². The predicted molar refractivity (Wildman–Crippen MR) is 112 cm³/mol. The molecule has 3 aromatic carbocycles. The molecule has 0 aliphatic rings. The van der Waals surface area contributed by atoms with Gasteiger partial charge in [0, 0.05) is 6.92 Å². The van der Waals surface area contributed by atoms with Crippen LogP contribution in [0, 0.1) is 0 Å². The van der Waals surface area contributed by atoms with E-state index in [-0.39, 0.29) is 12.6 Å². The fraction of sp³-hybridized carbons (Fsp3) is 0.182. The minimum absolute atomic E-state index is 0.239. The standard InChI is InChI=1S/C22H19BrN2O3/c1-15(26)28-17(12-25-14-24-19-8-4-5-9-20(19)25)13-27-21-11-10-16-6-2-3-7-18(16)22(21)23/h2-11,14,17H,12-13H2,1H3. The molecule has 1 heterocycles. The highest BCUT2D eigenvalue weighted by atomic mass is 79.9. The number of hydrogen-bond donors (Lipinski definition) is 0. The van der Waals surface area contributed by atoms with Gasteiger partial charge in [-0.05, 0) is 44.9 Å². The van der Waals surface area contributed by atoms with Crippen LogP contribution in [0.2, 0.25) is 0 Å². The lowest BCUT2D eigenvalue weighted by Gasteiger charge is -2.19. The van der Waals surface area contributed by atoms with E-state index in [1.165, 1.54) is 6.92 Å². The van der Waals surface area contributed by atoms with Gasteiger partial charge >= 0.3 is 5.97 Å². The van der Waals surface area contributed by atoms with Crippen molar-refractivity contribution in [3.8, 4) is 5.75 Å². The Morgan fingerprint density at radius 2 is 1.89 bits per heavy atom. The van der Waals surface area contributed by atoms with Gasteiger partial charge in [-0.3, -0.25) is 4.79 Å². The molecule has 0 N–H and O–H groups in total. The maximum Gasteiger partial charge on any atom is 0.303 e. The van der Waals surface area contributed by atoms with Crippen LogP contribution in [0.3, 0.4) is 0 Å². The van der Waals surface area contributed by atoms with E-state index in [0.29, 0.717) is 12.3 Å². The number of halogens is 1. The lowest BCUT2D eigenvalue weighted by molar-refractivity contribution is -0.148. The van der Waals surface area contributed by atoms with Gasteiger partial charge in [-0.1, -0.05) is 42.5 Å². The van der Waals surface area contributed by atoms with Gasteiger partial charge in [-0.25, -0.2) is 4.98 Å². The van der Waals surface area contributed by atoms with Crippen LogP contribution in [-0.4, -0.2) is 28.2 Å². The Bertz CT molecular complexity index is 1140. The van der Waals surface area contributed by atoms with Crippen molar-refractivity contribution in [3.05, 3.63) is 71.5 Å². The summed E-state index contributed by atoms with van der Waals surface area (Å²) in [6.45, 7) is 2.11. The third-order valence-electron chi connectivity index (χ3n) is 4.51. The quantitative estimate of drug-likeness (QED) is 0.399. The SMILES string of the molecule is CC(=O)OC(COc1ccc2ccccc2c1Br)Cn1cnc2ccccc21. The Balaban J connectivity index is 1.54. The van der Waals surface area contributed by atoms with Crippen molar-refractivity contribution < 1.29 is 14.3 Å². The molecule has 0 bridgehead atoms. The predicted octanol–water partition coefficient (Wildman–Crippen LogP) is 4.96. The molecular weight excluding hydrogens is 420 g/mol. The first-order valence-electron chi connectivity index (χ1n) is 8.99. The Kier molecular flexibility index (Phi) is 5.30. The summed E-state index contributed by atoms with van der Waals surface area (Å²) in [7, 11) is 0.